The van der Waals surface area contributed by atoms with E-state index in [1.807, 2.05) is 0 Å². The molecule has 0 saturated heterocycles. The highest BCUT2D eigenvalue weighted by Crippen LogP contribution is 2.22. The van der Waals surface area contributed by atoms with E-state index < -0.39 is 0 Å². The van der Waals surface area contributed by atoms with E-state index in [0.717, 1.165) is 30.3 Å². The minimum absolute atomic E-state index is 0.645. The zero-order valence-corrected chi connectivity index (χ0v) is 13.2. The van der Waals surface area contributed by atoms with Crippen molar-refractivity contribution in [1.29, 1.82) is 0 Å². The summed E-state index contributed by atoms with van der Waals surface area (Å²) in [5.74, 6) is 0. The van der Waals surface area contributed by atoms with Crippen LogP contribution < -0.4 is 16.4 Å². The van der Waals surface area contributed by atoms with Gasteiger partial charge in [-0.15, -0.1) is 11.3 Å². The van der Waals surface area contributed by atoms with Crippen LogP contribution in [0, 0.1) is 0 Å². The Hall–Kier alpha value is -2.11. The predicted octanol–water partition coefficient (Wildman–Crippen LogP) is 3.32. The average molecular weight is 312 g/mol. The van der Waals surface area contributed by atoms with Gasteiger partial charge in [0.2, 0.25) is 0 Å². The Morgan fingerprint density at radius 2 is 1.82 bits per heavy atom. The highest BCUT2D eigenvalue weighted by molar-refractivity contribution is 7.13. The molecule has 0 amide bonds. The third kappa shape index (κ3) is 3.55. The molecular weight excluding hydrogens is 292 g/mol. The Balaban J connectivity index is 1.54. The molecule has 0 bridgehead atoms. The molecule has 0 aliphatic rings. The molecule has 0 saturated carbocycles. The average Bonchev–Trinajstić information content (AvgIpc) is 3.00. The van der Waals surface area contributed by atoms with Crippen LogP contribution in [-0.4, -0.2) is 24.6 Å². The highest BCUT2D eigenvalue weighted by Gasteiger charge is 2.01. The number of aromatic nitrogens is 1. The number of thiazole rings is 1. The van der Waals surface area contributed by atoms with Gasteiger partial charge in [0.05, 0.1) is 5.69 Å². The van der Waals surface area contributed by atoms with E-state index in [9.17, 15) is 0 Å². The summed E-state index contributed by atoms with van der Waals surface area (Å²) in [6, 6.07) is 14.7. The Labute approximate surface area is 134 Å². The molecule has 3 rings (SSSR count). The standard InChI is InChI=1S/C17H20N4S/c18-9-8-14-12-22-17(21-14)20-11-10-19-16-7-3-5-13-4-1-2-6-15(13)16/h1-7,12,19H,8-11,18H2,(H,20,21). The summed E-state index contributed by atoms with van der Waals surface area (Å²) in [6.45, 7) is 2.32. The first kappa shape index (κ1) is 14.8. The second kappa shape index (κ2) is 7.24. The summed E-state index contributed by atoms with van der Waals surface area (Å²) in [6.07, 6.45) is 0.840. The van der Waals surface area contributed by atoms with E-state index in [4.69, 9.17) is 5.73 Å². The Bertz CT molecular complexity index is 733. The SMILES string of the molecule is NCCc1csc(NCCNc2cccc3ccccc23)n1. The fourth-order valence-electron chi connectivity index (χ4n) is 2.40. The summed E-state index contributed by atoms with van der Waals surface area (Å²) in [7, 11) is 0. The van der Waals surface area contributed by atoms with Crippen molar-refractivity contribution in [3.05, 3.63) is 53.5 Å². The molecule has 0 fully saturated rings. The summed E-state index contributed by atoms with van der Waals surface area (Å²) in [5.41, 5.74) is 7.77. The van der Waals surface area contributed by atoms with Crippen LogP contribution in [0.5, 0.6) is 0 Å². The number of nitrogens with one attached hydrogen (secondary N) is 2. The molecule has 3 aromatic rings. The van der Waals surface area contributed by atoms with Gasteiger partial charge in [-0.05, 0) is 18.0 Å². The number of anilines is 2. The van der Waals surface area contributed by atoms with Crippen LogP contribution in [0.3, 0.4) is 0 Å². The van der Waals surface area contributed by atoms with Crippen LogP contribution in [-0.2, 0) is 6.42 Å². The van der Waals surface area contributed by atoms with Crippen LogP contribution >= 0.6 is 11.3 Å². The molecule has 4 N–H and O–H groups in total. The molecule has 0 aliphatic heterocycles. The molecule has 0 unspecified atom stereocenters. The van der Waals surface area contributed by atoms with Crippen molar-refractivity contribution in [2.24, 2.45) is 5.73 Å². The summed E-state index contributed by atoms with van der Waals surface area (Å²) in [5, 5.41) is 12.4. The first-order chi connectivity index (χ1) is 10.9. The van der Waals surface area contributed by atoms with E-state index in [2.05, 4.69) is 63.5 Å². The van der Waals surface area contributed by atoms with E-state index in [1.54, 1.807) is 11.3 Å². The van der Waals surface area contributed by atoms with Crippen LogP contribution in [0.4, 0.5) is 10.8 Å². The number of nitrogens with two attached hydrogens (primary N) is 1. The van der Waals surface area contributed by atoms with E-state index >= 15 is 0 Å². The molecule has 0 atom stereocenters. The number of hydrogen-bond acceptors (Lipinski definition) is 5. The molecule has 1 heterocycles. The first-order valence-electron chi connectivity index (χ1n) is 7.47. The topological polar surface area (TPSA) is 63.0 Å². The van der Waals surface area contributed by atoms with Gasteiger partial charge in [0.1, 0.15) is 0 Å². The zero-order chi connectivity index (χ0) is 15.2. The van der Waals surface area contributed by atoms with Gasteiger partial charge in [-0.25, -0.2) is 4.98 Å². The minimum Gasteiger partial charge on any atom is -0.383 e. The lowest BCUT2D eigenvalue weighted by molar-refractivity contribution is 0.933. The third-order valence-corrected chi connectivity index (χ3v) is 4.31. The Morgan fingerprint density at radius 1 is 1.00 bits per heavy atom. The number of benzene rings is 2. The number of nitrogens with zero attached hydrogens (tertiary/aromatic N) is 1. The second-order valence-electron chi connectivity index (χ2n) is 5.06. The van der Waals surface area contributed by atoms with Gasteiger partial charge in [0.15, 0.2) is 5.13 Å². The predicted molar refractivity (Wildman–Crippen MR) is 95.8 cm³/mol. The maximum atomic E-state index is 5.54. The second-order valence-corrected chi connectivity index (χ2v) is 5.92. The van der Waals surface area contributed by atoms with Crippen LogP contribution in [0.15, 0.2) is 47.8 Å². The molecule has 0 radical (unpaired) electrons. The van der Waals surface area contributed by atoms with E-state index in [1.165, 1.54) is 16.5 Å². The van der Waals surface area contributed by atoms with Gasteiger partial charge < -0.3 is 16.4 Å². The fourth-order valence-corrected chi connectivity index (χ4v) is 3.17. The Kier molecular flexibility index (Phi) is 4.88. The summed E-state index contributed by atoms with van der Waals surface area (Å²) in [4.78, 5) is 4.49. The van der Waals surface area contributed by atoms with Crippen LogP contribution in [0.2, 0.25) is 0 Å². The Morgan fingerprint density at radius 3 is 2.73 bits per heavy atom. The van der Waals surface area contributed by atoms with Gasteiger partial charge in [0.25, 0.3) is 0 Å². The van der Waals surface area contributed by atoms with Crippen molar-refractivity contribution in [2.75, 3.05) is 30.3 Å². The minimum atomic E-state index is 0.645. The van der Waals surface area contributed by atoms with Gasteiger partial charge in [-0.1, -0.05) is 36.4 Å². The van der Waals surface area contributed by atoms with Crippen molar-refractivity contribution in [3.63, 3.8) is 0 Å². The largest absolute Gasteiger partial charge is 0.383 e. The molecule has 22 heavy (non-hydrogen) atoms. The van der Waals surface area contributed by atoms with E-state index in [0.29, 0.717) is 6.54 Å². The molecular formula is C17H20N4S. The molecule has 2 aromatic carbocycles. The molecule has 4 nitrogen and oxygen atoms in total. The molecule has 0 aliphatic carbocycles. The third-order valence-electron chi connectivity index (χ3n) is 3.46. The molecule has 1 aromatic heterocycles. The first-order valence-corrected chi connectivity index (χ1v) is 8.35. The maximum absolute atomic E-state index is 5.54. The number of fused-ring (bicyclic) bond motifs is 1. The monoisotopic (exact) mass is 312 g/mol. The van der Waals surface area contributed by atoms with Crippen molar-refractivity contribution >= 4 is 32.9 Å². The summed E-state index contributed by atoms with van der Waals surface area (Å²) < 4.78 is 0. The normalized spacial score (nSPS) is 10.8. The number of rotatable bonds is 7. The zero-order valence-electron chi connectivity index (χ0n) is 12.4. The van der Waals surface area contributed by atoms with Crippen molar-refractivity contribution in [2.45, 2.75) is 6.42 Å². The fraction of sp³-hybridized carbons (Fsp3) is 0.235. The van der Waals surface area contributed by atoms with Crippen LogP contribution in [0.25, 0.3) is 10.8 Å². The quantitative estimate of drug-likeness (QED) is 0.586. The van der Waals surface area contributed by atoms with Crippen molar-refractivity contribution in [3.8, 4) is 0 Å². The van der Waals surface area contributed by atoms with Gasteiger partial charge in [0, 0.05) is 36.0 Å². The van der Waals surface area contributed by atoms with Gasteiger partial charge in [-0.2, -0.15) is 0 Å². The maximum Gasteiger partial charge on any atom is 0.182 e. The lowest BCUT2D eigenvalue weighted by Gasteiger charge is -2.10. The number of hydrogen-bond donors (Lipinski definition) is 3. The molecule has 0 spiro atoms. The van der Waals surface area contributed by atoms with Gasteiger partial charge >= 0.3 is 0 Å². The molecule has 114 valence electrons. The van der Waals surface area contributed by atoms with Crippen LogP contribution in [0.1, 0.15) is 5.69 Å². The van der Waals surface area contributed by atoms with Gasteiger partial charge in [-0.3, -0.25) is 0 Å². The summed E-state index contributed by atoms with van der Waals surface area (Å²) >= 11 is 1.63. The highest BCUT2D eigenvalue weighted by atomic mass is 32.1. The van der Waals surface area contributed by atoms with Crippen molar-refractivity contribution in [1.82, 2.24) is 4.98 Å². The van der Waals surface area contributed by atoms with Crippen molar-refractivity contribution < 1.29 is 0 Å². The van der Waals surface area contributed by atoms with E-state index in [-0.39, 0.29) is 0 Å². The lowest BCUT2D eigenvalue weighted by Crippen LogP contribution is -2.13. The molecule has 5 heteroatoms. The lowest BCUT2D eigenvalue weighted by atomic mass is 10.1. The smallest absolute Gasteiger partial charge is 0.182 e.